The summed E-state index contributed by atoms with van der Waals surface area (Å²) in [6.45, 7) is 0.582. The fraction of sp³-hybridized carbons (Fsp3) is 0.182. The van der Waals surface area contributed by atoms with Gasteiger partial charge < -0.3 is 10.0 Å². The van der Waals surface area contributed by atoms with Crippen LogP contribution in [0.5, 0.6) is 0 Å². The standard InChI is InChI=1S/C22H19ClN2O2/c23-18-6-7-20-17(12-18)8-9-25(22(20)27)19-10-15(13-24-14-19)11-21(26)16-4-2-1-3-5-16/h1-7,10,12-14,21,26H,8-9,11H2. The molecule has 4 rings (SSSR count). The van der Waals surface area contributed by atoms with Crippen molar-refractivity contribution in [3.8, 4) is 0 Å². The average Bonchev–Trinajstić information content (AvgIpc) is 2.69. The lowest BCUT2D eigenvalue weighted by atomic mass is 9.98. The predicted octanol–water partition coefficient (Wildman–Crippen LogP) is 4.21. The Balaban J connectivity index is 1.56. The van der Waals surface area contributed by atoms with Gasteiger partial charge in [0.15, 0.2) is 0 Å². The molecule has 2 aromatic carbocycles. The number of benzene rings is 2. The molecule has 1 aliphatic rings. The Kier molecular flexibility index (Phi) is 4.92. The van der Waals surface area contributed by atoms with Gasteiger partial charge in [0, 0.05) is 29.7 Å². The Morgan fingerprint density at radius 3 is 2.74 bits per heavy atom. The Morgan fingerprint density at radius 1 is 1.11 bits per heavy atom. The Bertz CT molecular complexity index is 975. The molecule has 0 saturated carbocycles. The molecule has 1 atom stereocenters. The molecule has 1 N–H and O–H groups in total. The van der Waals surface area contributed by atoms with E-state index in [1.807, 2.05) is 42.5 Å². The minimum Gasteiger partial charge on any atom is -0.388 e. The van der Waals surface area contributed by atoms with E-state index in [-0.39, 0.29) is 5.91 Å². The van der Waals surface area contributed by atoms with Crippen LogP contribution in [0, 0.1) is 0 Å². The zero-order valence-electron chi connectivity index (χ0n) is 14.7. The van der Waals surface area contributed by atoms with Crippen LogP contribution in [0.4, 0.5) is 5.69 Å². The van der Waals surface area contributed by atoms with E-state index in [0.717, 1.165) is 28.8 Å². The molecular weight excluding hydrogens is 360 g/mol. The van der Waals surface area contributed by atoms with Crippen molar-refractivity contribution >= 4 is 23.2 Å². The highest BCUT2D eigenvalue weighted by Gasteiger charge is 2.26. The van der Waals surface area contributed by atoms with E-state index in [1.165, 1.54) is 0 Å². The van der Waals surface area contributed by atoms with Crippen LogP contribution in [0.3, 0.4) is 0 Å². The summed E-state index contributed by atoms with van der Waals surface area (Å²) in [5.41, 5.74) is 4.16. The van der Waals surface area contributed by atoms with E-state index in [9.17, 15) is 9.90 Å². The minimum absolute atomic E-state index is 0.0459. The maximum absolute atomic E-state index is 12.9. The highest BCUT2D eigenvalue weighted by Crippen LogP contribution is 2.27. The van der Waals surface area contributed by atoms with E-state index in [1.54, 1.807) is 29.4 Å². The van der Waals surface area contributed by atoms with Crippen molar-refractivity contribution in [3.63, 3.8) is 0 Å². The number of pyridine rings is 1. The highest BCUT2D eigenvalue weighted by atomic mass is 35.5. The molecule has 0 bridgehead atoms. The average molecular weight is 379 g/mol. The Morgan fingerprint density at radius 2 is 1.93 bits per heavy atom. The lowest BCUT2D eigenvalue weighted by molar-refractivity contribution is 0.0980. The SMILES string of the molecule is O=C1c2ccc(Cl)cc2CCN1c1cncc(CC(O)c2ccccc2)c1. The summed E-state index contributed by atoms with van der Waals surface area (Å²) in [6.07, 6.45) is 4.01. The zero-order chi connectivity index (χ0) is 18.8. The molecule has 1 amide bonds. The van der Waals surface area contributed by atoms with Crippen molar-refractivity contribution in [1.29, 1.82) is 0 Å². The summed E-state index contributed by atoms with van der Waals surface area (Å²) in [5.74, 6) is -0.0459. The number of anilines is 1. The van der Waals surface area contributed by atoms with Gasteiger partial charge in [0.05, 0.1) is 18.0 Å². The fourth-order valence-electron chi connectivity index (χ4n) is 3.45. The number of hydrogen-bond acceptors (Lipinski definition) is 3. The molecule has 5 heteroatoms. The van der Waals surface area contributed by atoms with Gasteiger partial charge in [0.2, 0.25) is 0 Å². The van der Waals surface area contributed by atoms with Gasteiger partial charge in [-0.25, -0.2) is 0 Å². The molecule has 1 aromatic heterocycles. The molecule has 0 fully saturated rings. The second-order valence-corrected chi connectivity index (χ2v) is 7.13. The van der Waals surface area contributed by atoms with Gasteiger partial charge in [-0.1, -0.05) is 41.9 Å². The van der Waals surface area contributed by atoms with Gasteiger partial charge in [-0.05, 0) is 47.4 Å². The fourth-order valence-corrected chi connectivity index (χ4v) is 3.65. The lowest BCUT2D eigenvalue weighted by Gasteiger charge is -2.28. The number of rotatable bonds is 4. The number of hydrogen-bond donors (Lipinski definition) is 1. The molecule has 0 spiro atoms. The Labute approximate surface area is 163 Å². The molecule has 27 heavy (non-hydrogen) atoms. The van der Waals surface area contributed by atoms with Crippen LogP contribution in [-0.2, 0) is 12.8 Å². The largest absolute Gasteiger partial charge is 0.388 e. The normalized spacial score (nSPS) is 14.7. The van der Waals surface area contributed by atoms with Crippen LogP contribution >= 0.6 is 11.6 Å². The van der Waals surface area contributed by atoms with E-state index in [4.69, 9.17) is 11.6 Å². The number of aromatic nitrogens is 1. The summed E-state index contributed by atoms with van der Waals surface area (Å²) in [5, 5.41) is 11.1. The number of carbonyl (C=O) groups is 1. The van der Waals surface area contributed by atoms with Crippen molar-refractivity contribution in [1.82, 2.24) is 4.98 Å². The van der Waals surface area contributed by atoms with Crippen molar-refractivity contribution in [3.05, 3.63) is 94.3 Å². The van der Waals surface area contributed by atoms with E-state index in [0.29, 0.717) is 23.6 Å². The van der Waals surface area contributed by atoms with Crippen LogP contribution in [0.25, 0.3) is 0 Å². The summed E-state index contributed by atoms with van der Waals surface area (Å²) < 4.78 is 0. The minimum atomic E-state index is -0.608. The summed E-state index contributed by atoms with van der Waals surface area (Å²) in [4.78, 5) is 18.9. The third kappa shape index (κ3) is 3.72. The molecule has 3 aromatic rings. The van der Waals surface area contributed by atoms with E-state index >= 15 is 0 Å². The van der Waals surface area contributed by atoms with Gasteiger partial charge in [-0.2, -0.15) is 0 Å². The molecule has 0 radical (unpaired) electrons. The number of carbonyl (C=O) groups excluding carboxylic acids is 1. The van der Waals surface area contributed by atoms with Crippen LogP contribution in [0.1, 0.15) is 33.2 Å². The van der Waals surface area contributed by atoms with Crippen LogP contribution < -0.4 is 4.90 Å². The molecule has 1 unspecified atom stereocenters. The molecule has 0 saturated heterocycles. The van der Waals surface area contributed by atoms with Crippen LogP contribution in [0.2, 0.25) is 5.02 Å². The van der Waals surface area contributed by atoms with Gasteiger partial charge in [-0.3, -0.25) is 9.78 Å². The third-order valence-electron chi connectivity index (χ3n) is 4.85. The molecule has 0 aliphatic carbocycles. The summed E-state index contributed by atoms with van der Waals surface area (Å²) >= 11 is 6.04. The number of aliphatic hydroxyl groups is 1. The number of halogens is 1. The van der Waals surface area contributed by atoms with Crippen molar-refractivity contribution in [2.45, 2.75) is 18.9 Å². The third-order valence-corrected chi connectivity index (χ3v) is 5.09. The maximum atomic E-state index is 12.9. The number of aliphatic hydroxyl groups excluding tert-OH is 1. The molecule has 4 nitrogen and oxygen atoms in total. The van der Waals surface area contributed by atoms with Gasteiger partial charge in [0.1, 0.15) is 0 Å². The van der Waals surface area contributed by atoms with Gasteiger partial charge in [-0.15, -0.1) is 0 Å². The second-order valence-electron chi connectivity index (χ2n) is 6.69. The molecule has 136 valence electrons. The monoisotopic (exact) mass is 378 g/mol. The number of nitrogens with zero attached hydrogens (tertiary/aromatic N) is 2. The van der Waals surface area contributed by atoms with E-state index in [2.05, 4.69) is 4.98 Å². The highest BCUT2D eigenvalue weighted by molar-refractivity contribution is 6.30. The van der Waals surface area contributed by atoms with Crippen molar-refractivity contribution in [2.24, 2.45) is 0 Å². The summed E-state index contributed by atoms with van der Waals surface area (Å²) in [6, 6.07) is 16.8. The zero-order valence-corrected chi connectivity index (χ0v) is 15.4. The van der Waals surface area contributed by atoms with E-state index < -0.39 is 6.10 Å². The van der Waals surface area contributed by atoms with Crippen molar-refractivity contribution < 1.29 is 9.90 Å². The number of amides is 1. The predicted molar refractivity (Wildman–Crippen MR) is 106 cm³/mol. The van der Waals surface area contributed by atoms with Gasteiger partial charge >= 0.3 is 0 Å². The first-order valence-corrected chi connectivity index (χ1v) is 9.27. The number of fused-ring (bicyclic) bond motifs is 1. The maximum Gasteiger partial charge on any atom is 0.258 e. The molecule has 1 aliphatic heterocycles. The first-order chi connectivity index (χ1) is 13.1. The first-order valence-electron chi connectivity index (χ1n) is 8.89. The van der Waals surface area contributed by atoms with Gasteiger partial charge in [0.25, 0.3) is 5.91 Å². The van der Waals surface area contributed by atoms with Crippen molar-refractivity contribution in [2.75, 3.05) is 11.4 Å². The topological polar surface area (TPSA) is 53.4 Å². The smallest absolute Gasteiger partial charge is 0.258 e. The second kappa shape index (κ2) is 7.51. The Hall–Kier alpha value is -2.69. The molecule has 2 heterocycles. The summed E-state index contributed by atoms with van der Waals surface area (Å²) in [7, 11) is 0. The first kappa shape index (κ1) is 17.7. The quantitative estimate of drug-likeness (QED) is 0.739. The van der Waals surface area contributed by atoms with Crippen LogP contribution in [0.15, 0.2) is 67.0 Å². The molecular formula is C22H19ClN2O2. The lowest BCUT2D eigenvalue weighted by Crippen LogP contribution is -2.37. The van der Waals surface area contributed by atoms with Crippen LogP contribution in [-0.4, -0.2) is 22.5 Å².